The molecule has 0 radical (unpaired) electrons. The minimum Gasteiger partial charge on any atom is -0.478 e. The molecule has 2 aromatic rings. The van der Waals surface area contributed by atoms with Crippen molar-refractivity contribution >= 4 is 5.97 Å². The van der Waals surface area contributed by atoms with E-state index in [-0.39, 0.29) is 11.3 Å². The monoisotopic (exact) mass is 381 g/mol. The molecule has 0 spiro atoms. The minimum atomic E-state index is -1.41. The van der Waals surface area contributed by atoms with Gasteiger partial charge in [0.1, 0.15) is 5.60 Å². The molecule has 1 fully saturated rings. The van der Waals surface area contributed by atoms with E-state index in [2.05, 4.69) is 11.9 Å². The Morgan fingerprint density at radius 1 is 1.25 bits per heavy atom. The number of aryl methyl sites for hydroxylation is 1. The Bertz CT molecular complexity index is 910. The van der Waals surface area contributed by atoms with Crippen molar-refractivity contribution in [1.29, 1.82) is 0 Å². The molecule has 1 aromatic carbocycles. The number of benzene rings is 1. The predicted molar refractivity (Wildman–Crippen MR) is 105 cm³/mol. The first-order valence-corrected chi connectivity index (χ1v) is 9.96. The van der Waals surface area contributed by atoms with Crippen LogP contribution in [0.2, 0.25) is 0 Å². The van der Waals surface area contributed by atoms with E-state index in [1.54, 1.807) is 37.4 Å². The van der Waals surface area contributed by atoms with Gasteiger partial charge in [0.05, 0.1) is 16.9 Å². The van der Waals surface area contributed by atoms with Gasteiger partial charge in [0.25, 0.3) is 0 Å². The number of carbonyl (C=O) groups is 1. The Hall–Kier alpha value is -2.24. The van der Waals surface area contributed by atoms with Gasteiger partial charge in [-0.05, 0) is 80.3 Å². The van der Waals surface area contributed by atoms with Crippen molar-refractivity contribution in [2.75, 3.05) is 0 Å². The molecule has 1 saturated carbocycles. The first-order valence-electron chi connectivity index (χ1n) is 9.96. The van der Waals surface area contributed by atoms with Crippen LogP contribution in [0.1, 0.15) is 66.7 Å². The molecule has 5 heteroatoms. The highest BCUT2D eigenvalue weighted by Crippen LogP contribution is 2.59. The zero-order valence-electron chi connectivity index (χ0n) is 16.4. The highest BCUT2D eigenvalue weighted by Gasteiger charge is 2.61. The molecule has 4 unspecified atom stereocenters. The van der Waals surface area contributed by atoms with Crippen molar-refractivity contribution in [3.63, 3.8) is 0 Å². The van der Waals surface area contributed by atoms with Gasteiger partial charge in [-0.3, -0.25) is 4.98 Å². The van der Waals surface area contributed by atoms with Crippen LogP contribution >= 0.6 is 0 Å². The predicted octanol–water partition coefficient (Wildman–Crippen LogP) is 3.42. The molecule has 5 nitrogen and oxygen atoms in total. The Kier molecular flexibility index (Phi) is 4.36. The highest BCUT2D eigenvalue weighted by molar-refractivity contribution is 5.88. The summed E-state index contributed by atoms with van der Waals surface area (Å²) in [5.74, 6) is -0.733. The van der Waals surface area contributed by atoms with Crippen molar-refractivity contribution in [2.45, 2.75) is 62.6 Å². The van der Waals surface area contributed by atoms with Crippen LogP contribution in [-0.4, -0.2) is 31.9 Å². The van der Waals surface area contributed by atoms with E-state index in [0.717, 1.165) is 30.4 Å². The normalized spacial score (nSPS) is 34.4. The molecule has 0 aliphatic heterocycles. The summed E-state index contributed by atoms with van der Waals surface area (Å²) < 4.78 is 0. The third-order valence-electron chi connectivity index (χ3n) is 7.24. The van der Waals surface area contributed by atoms with Crippen LogP contribution in [0, 0.1) is 5.92 Å². The van der Waals surface area contributed by atoms with Crippen molar-refractivity contribution in [1.82, 2.24) is 4.98 Å². The van der Waals surface area contributed by atoms with E-state index in [9.17, 15) is 20.1 Å². The molecule has 0 amide bonds. The second-order valence-corrected chi connectivity index (χ2v) is 8.65. The van der Waals surface area contributed by atoms with Crippen LogP contribution in [0.4, 0.5) is 0 Å². The number of fused-ring (bicyclic) bond motifs is 3. The number of carboxylic acids is 1. The zero-order chi connectivity index (χ0) is 20.2. The van der Waals surface area contributed by atoms with E-state index in [0.29, 0.717) is 24.1 Å². The zero-order valence-corrected chi connectivity index (χ0v) is 16.4. The number of aliphatic hydroxyl groups is 2. The number of hydrogen-bond acceptors (Lipinski definition) is 4. The lowest BCUT2D eigenvalue weighted by Gasteiger charge is -2.58. The molecular formula is C23H27NO4. The molecule has 2 aliphatic carbocycles. The Labute approximate surface area is 165 Å². The summed E-state index contributed by atoms with van der Waals surface area (Å²) in [4.78, 5) is 15.7. The third kappa shape index (κ3) is 2.60. The summed E-state index contributed by atoms with van der Waals surface area (Å²) in [6.45, 7) is 3.82. The van der Waals surface area contributed by atoms with Gasteiger partial charge < -0.3 is 15.3 Å². The summed E-state index contributed by atoms with van der Waals surface area (Å²) >= 11 is 0. The molecule has 0 saturated heterocycles. The van der Waals surface area contributed by atoms with Crippen LogP contribution < -0.4 is 0 Å². The van der Waals surface area contributed by atoms with E-state index < -0.39 is 17.2 Å². The van der Waals surface area contributed by atoms with Crippen molar-refractivity contribution in [3.05, 3.63) is 65.0 Å². The number of rotatable bonds is 3. The Balaban J connectivity index is 1.81. The van der Waals surface area contributed by atoms with Crippen LogP contribution in [0.3, 0.4) is 0 Å². The lowest BCUT2D eigenvalue weighted by molar-refractivity contribution is -0.207. The molecular weight excluding hydrogens is 354 g/mol. The van der Waals surface area contributed by atoms with Crippen molar-refractivity contribution in [2.24, 2.45) is 5.92 Å². The van der Waals surface area contributed by atoms with Gasteiger partial charge in [-0.25, -0.2) is 4.79 Å². The molecule has 148 valence electrons. The maximum absolute atomic E-state index is 11.6. The van der Waals surface area contributed by atoms with Gasteiger partial charge in [-0.2, -0.15) is 0 Å². The van der Waals surface area contributed by atoms with E-state index in [1.807, 2.05) is 12.1 Å². The van der Waals surface area contributed by atoms with Gasteiger partial charge in [-0.1, -0.05) is 19.1 Å². The van der Waals surface area contributed by atoms with Crippen LogP contribution in [0.15, 0.2) is 42.6 Å². The topological polar surface area (TPSA) is 90.7 Å². The fraction of sp³-hybridized carbons (Fsp3) is 0.478. The van der Waals surface area contributed by atoms with Gasteiger partial charge >= 0.3 is 5.97 Å². The highest BCUT2D eigenvalue weighted by atomic mass is 16.4. The summed E-state index contributed by atoms with van der Waals surface area (Å²) in [6, 6.07) is 10.8. The fourth-order valence-corrected chi connectivity index (χ4v) is 5.71. The van der Waals surface area contributed by atoms with Crippen LogP contribution in [0.5, 0.6) is 0 Å². The number of aromatic nitrogens is 1. The van der Waals surface area contributed by atoms with E-state index in [4.69, 9.17) is 0 Å². The molecule has 28 heavy (non-hydrogen) atoms. The average molecular weight is 381 g/mol. The van der Waals surface area contributed by atoms with Crippen molar-refractivity contribution < 1.29 is 20.1 Å². The average Bonchev–Trinajstić information content (AvgIpc) is 2.69. The molecule has 3 N–H and O–H groups in total. The maximum Gasteiger partial charge on any atom is 0.335 e. The first kappa shape index (κ1) is 19.1. The Morgan fingerprint density at radius 2 is 2.04 bits per heavy atom. The van der Waals surface area contributed by atoms with Gasteiger partial charge in [0.15, 0.2) is 0 Å². The van der Waals surface area contributed by atoms with Crippen LogP contribution in [0.25, 0.3) is 0 Å². The van der Waals surface area contributed by atoms with E-state index in [1.165, 1.54) is 0 Å². The summed E-state index contributed by atoms with van der Waals surface area (Å²) in [5, 5.41) is 32.4. The summed E-state index contributed by atoms with van der Waals surface area (Å²) in [5.41, 5.74) is -0.0523. The largest absolute Gasteiger partial charge is 0.478 e. The maximum atomic E-state index is 11.6. The van der Waals surface area contributed by atoms with Crippen molar-refractivity contribution in [3.8, 4) is 0 Å². The number of pyridine rings is 1. The molecule has 4 rings (SSSR count). The SMILES string of the molecule is CCC12CC(C)(O)C(O)(c3ccccn3)CC1CCc1cc(C(=O)O)ccc12. The molecule has 2 aliphatic rings. The van der Waals surface area contributed by atoms with Gasteiger partial charge in [0.2, 0.25) is 0 Å². The quantitative estimate of drug-likeness (QED) is 0.758. The lowest BCUT2D eigenvalue weighted by Crippen LogP contribution is -2.62. The van der Waals surface area contributed by atoms with Gasteiger partial charge in [-0.15, -0.1) is 0 Å². The smallest absolute Gasteiger partial charge is 0.335 e. The number of aromatic carboxylic acids is 1. The number of hydrogen-bond donors (Lipinski definition) is 3. The molecule has 1 heterocycles. The minimum absolute atomic E-state index is 0.188. The molecule has 1 aromatic heterocycles. The molecule has 0 bridgehead atoms. The second-order valence-electron chi connectivity index (χ2n) is 8.65. The standard InChI is InChI=1S/C23H27NO4/c1-3-22-14-21(2,27)23(28,19-6-4-5-11-24-19)13-17(22)9-7-15-12-16(20(25)26)8-10-18(15)22/h4-6,8,10-12,17,27-28H,3,7,9,13-14H2,1-2H3,(H,25,26). The number of nitrogens with zero attached hydrogens (tertiary/aromatic N) is 1. The third-order valence-corrected chi connectivity index (χ3v) is 7.24. The second kappa shape index (κ2) is 6.39. The van der Waals surface area contributed by atoms with E-state index >= 15 is 0 Å². The lowest BCUT2D eigenvalue weighted by atomic mass is 9.49. The Morgan fingerprint density at radius 3 is 2.68 bits per heavy atom. The number of carboxylic acid groups (broad SMARTS) is 1. The van der Waals surface area contributed by atoms with Crippen LogP contribution in [-0.2, 0) is 17.4 Å². The first-order chi connectivity index (χ1) is 13.2. The van der Waals surface area contributed by atoms with Gasteiger partial charge in [0, 0.05) is 11.6 Å². The molecule has 4 atom stereocenters. The fourth-order valence-electron chi connectivity index (χ4n) is 5.71. The summed E-state index contributed by atoms with van der Waals surface area (Å²) in [7, 11) is 0. The summed E-state index contributed by atoms with van der Waals surface area (Å²) in [6.07, 6.45) is 4.96.